The highest BCUT2D eigenvalue weighted by Crippen LogP contribution is 2.17. The Morgan fingerprint density at radius 3 is 2.71 bits per heavy atom. The second kappa shape index (κ2) is 4.85. The zero-order valence-electron chi connectivity index (χ0n) is 7.15. The molecule has 0 fully saturated rings. The molecule has 0 aliphatic heterocycles. The van der Waals surface area contributed by atoms with Gasteiger partial charge in [-0.15, -0.1) is 0 Å². The van der Waals surface area contributed by atoms with Gasteiger partial charge in [-0.1, -0.05) is 0 Å². The first-order valence-electron chi connectivity index (χ1n) is 3.53. The largest absolute Gasteiger partial charge is 0.768 e. The summed E-state index contributed by atoms with van der Waals surface area (Å²) in [5.41, 5.74) is 0.0567. The summed E-state index contributed by atoms with van der Waals surface area (Å²) in [5.74, 6) is -0.652. The van der Waals surface area contributed by atoms with Gasteiger partial charge >= 0.3 is 5.97 Å². The van der Waals surface area contributed by atoms with Crippen LogP contribution in [0.1, 0.15) is 10.4 Å². The third kappa shape index (κ3) is 2.52. The zero-order valence-corrected chi connectivity index (χ0v) is 10.1. The Bertz CT molecular complexity index is 391. The van der Waals surface area contributed by atoms with Gasteiger partial charge in [-0.05, 0) is 51.9 Å². The lowest BCUT2D eigenvalue weighted by molar-refractivity contribution is 0.0596. The summed E-state index contributed by atoms with van der Waals surface area (Å²) < 4.78 is 26.8. The molecule has 76 valence electrons. The highest BCUT2D eigenvalue weighted by molar-refractivity contribution is 14.1. The lowest BCUT2D eigenvalue weighted by atomic mass is 10.2. The molecule has 0 amide bonds. The molecule has 1 atom stereocenters. The van der Waals surface area contributed by atoms with Gasteiger partial charge in [0.2, 0.25) is 0 Å². The smallest absolute Gasteiger partial charge is 0.339 e. The molecule has 6 heteroatoms. The fourth-order valence-corrected chi connectivity index (χ4v) is 2.17. The van der Waals surface area contributed by atoms with Crippen LogP contribution in [0.4, 0.5) is 0 Å². The molecule has 1 aromatic rings. The summed E-state index contributed by atoms with van der Waals surface area (Å²) in [5, 5.41) is 0. The number of rotatable bonds is 2. The number of carbonyl (C=O) groups is 1. The molecule has 0 saturated heterocycles. The molecule has 0 heterocycles. The van der Waals surface area contributed by atoms with Crippen LogP contribution in [0, 0.1) is 3.57 Å². The van der Waals surface area contributed by atoms with Crippen molar-refractivity contribution in [3.63, 3.8) is 0 Å². The Morgan fingerprint density at radius 1 is 1.57 bits per heavy atom. The molecule has 14 heavy (non-hydrogen) atoms. The summed E-state index contributed by atoms with van der Waals surface area (Å²) in [6, 6.07) is 4.48. The maximum absolute atomic E-state index is 11.2. The maximum atomic E-state index is 11.2. The van der Waals surface area contributed by atoms with Crippen molar-refractivity contribution in [2.24, 2.45) is 0 Å². The quantitative estimate of drug-likeness (QED) is 0.467. The normalized spacial score (nSPS) is 12.2. The maximum Gasteiger partial charge on any atom is 0.339 e. The predicted octanol–water partition coefficient (Wildman–Crippen LogP) is 1.32. The van der Waals surface area contributed by atoms with Gasteiger partial charge in [-0.3, -0.25) is 4.21 Å². The van der Waals surface area contributed by atoms with Crippen LogP contribution in [0.3, 0.4) is 0 Å². The highest BCUT2D eigenvalue weighted by atomic mass is 127. The van der Waals surface area contributed by atoms with Crippen molar-refractivity contribution in [1.82, 2.24) is 0 Å². The van der Waals surface area contributed by atoms with Crippen molar-refractivity contribution in [2.45, 2.75) is 4.90 Å². The van der Waals surface area contributed by atoms with E-state index in [9.17, 15) is 13.6 Å². The third-order valence-electron chi connectivity index (χ3n) is 1.53. The van der Waals surface area contributed by atoms with Crippen molar-refractivity contribution >= 4 is 39.6 Å². The summed E-state index contributed by atoms with van der Waals surface area (Å²) in [4.78, 5) is 11.1. The Kier molecular flexibility index (Phi) is 4.02. The monoisotopic (exact) mass is 325 g/mol. The van der Waals surface area contributed by atoms with E-state index in [2.05, 4.69) is 4.74 Å². The van der Waals surface area contributed by atoms with Gasteiger partial charge < -0.3 is 9.29 Å². The van der Waals surface area contributed by atoms with Crippen LogP contribution in [0.5, 0.6) is 0 Å². The van der Waals surface area contributed by atoms with E-state index in [0.29, 0.717) is 0 Å². The molecule has 0 N–H and O–H groups in total. The van der Waals surface area contributed by atoms with Crippen molar-refractivity contribution in [3.05, 3.63) is 27.3 Å². The van der Waals surface area contributed by atoms with Gasteiger partial charge in [0.1, 0.15) is 0 Å². The minimum absolute atomic E-state index is 0.0382. The van der Waals surface area contributed by atoms with E-state index < -0.39 is 17.0 Å². The number of esters is 1. The molecule has 0 radical (unpaired) electrons. The van der Waals surface area contributed by atoms with Gasteiger partial charge in [-0.2, -0.15) is 0 Å². The lowest BCUT2D eigenvalue weighted by Gasteiger charge is -2.10. The first-order chi connectivity index (χ1) is 6.56. The molecule has 0 bridgehead atoms. The van der Waals surface area contributed by atoms with Crippen molar-refractivity contribution in [3.8, 4) is 0 Å². The fraction of sp³-hybridized carbons (Fsp3) is 0.125. The molecule has 1 unspecified atom stereocenters. The van der Waals surface area contributed by atoms with Crippen LogP contribution in [0.2, 0.25) is 0 Å². The number of ether oxygens (including phenoxy) is 1. The van der Waals surface area contributed by atoms with Crippen LogP contribution in [-0.4, -0.2) is 21.8 Å². The van der Waals surface area contributed by atoms with Crippen molar-refractivity contribution in [1.29, 1.82) is 0 Å². The molecule has 1 rings (SSSR count). The van der Waals surface area contributed by atoms with E-state index in [1.165, 1.54) is 19.2 Å². The van der Waals surface area contributed by atoms with Crippen LogP contribution in [0.25, 0.3) is 0 Å². The molecule has 0 spiro atoms. The summed E-state index contributed by atoms with van der Waals surface area (Å²) >= 11 is -0.463. The minimum atomic E-state index is -2.43. The lowest BCUT2D eigenvalue weighted by Crippen LogP contribution is -2.07. The van der Waals surface area contributed by atoms with Gasteiger partial charge in [0.05, 0.1) is 12.7 Å². The second-order valence-electron chi connectivity index (χ2n) is 2.37. The van der Waals surface area contributed by atoms with E-state index in [0.717, 1.165) is 3.57 Å². The Morgan fingerprint density at radius 2 is 2.21 bits per heavy atom. The van der Waals surface area contributed by atoms with E-state index >= 15 is 0 Å². The Labute approximate surface area is 97.1 Å². The topological polar surface area (TPSA) is 66.4 Å². The van der Waals surface area contributed by atoms with E-state index in [-0.39, 0.29) is 10.5 Å². The number of hydrogen-bond donors (Lipinski definition) is 0. The number of carbonyl (C=O) groups excluding carboxylic acids is 1. The van der Waals surface area contributed by atoms with Gasteiger partial charge in [0, 0.05) is 8.47 Å². The molecule has 0 aromatic heterocycles. The Balaban J connectivity index is 3.28. The highest BCUT2D eigenvalue weighted by Gasteiger charge is 2.12. The van der Waals surface area contributed by atoms with Gasteiger partial charge in [-0.25, -0.2) is 4.79 Å². The van der Waals surface area contributed by atoms with Crippen LogP contribution < -0.4 is 0 Å². The molecule has 0 aliphatic carbocycles. The van der Waals surface area contributed by atoms with E-state index in [4.69, 9.17) is 0 Å². The summed E-state index contributed by atoms with van der Waals surface area (Å²) in [7, 11) is 1.21. The first-order valence-corrected chi connectivity index (χ1v) is 5.68. The van der Waals surface area contributed by atoms with Crippen LogP contribution in [0.15, 0.2) is 23.1 Å². The molecule has 0 aliphatic rings. The number of hydrogen-bond acceptors (Lipinski definition) is 4. The number of benzene rings is 1. The molecular weight excluding hydrogens is 319 g/mol. The van der Waals surface area contributed by atoms with Crippen LogP contribution >= 0.6 is 22.6 Å². The first kappa shape index (κ1) is 11.6. The van der Waals surface area contributed by atoms with Crippen LogP contribution in [-0.2, 0) is 15.8 Å². The average molecular weight is 325 g/mol. The minimum Gasteiger partial charge on any atom is -0.768 e. The molecule has 0 saturated carbocycles. The molecular formula is C8H6IO4S-. The summed E-state index contributed by atoms with van der Waals surface area (Å²) in [6.45, 7) is 0. The van der Waals surface area contributed by atoms with E-state index in [1.54, 1.807) is 6.07 Å². The summed E-state index contributed by atoms with van der Waals surface area (Å²) in [6.07, 6.45) is 0. The molecule has 4 nitrogen and oxygen atoms in total. The number of methoxy groups -OCH3 is 1. The van der Waals surface area contributed by atoms with Crippen molar-refractivity contribution in [2.75, 3.05) is 7.11 Å². The standard InChI is InChI=1S/C8H7IO4S/c1-13-8(10)6-3-2-5(9)4-7(6)14(11)12/h2-4H,1H3,(H,11,12)/p-1. The predicted molar refractivity (Wildman–Crippen MR) is 57.7 cm³/mol. The SMILES string of the molecule is COC(=O)c1ccc(I)cc1S(=O)[O-]. The fourth-order valence-electron chi connectivity index (χ4n) is 0.913. The average Bonchev–Trinajstić information content (AvgIpc) is 2.16. The number of halogens is 1. The van der Waals surface area contributed by atoms with E-state index in [1.807, 2.05) is 22.6 Å². The second-order valence-corrected chi connectivity index (χ2v) is 4.52. The molecule has 1 aromatic carbocycles. The van der Waals surface area contributed by atoms with Gasteiger partial charge in [0.25, 0.3) is 0 Å². The Hall–Kier alpha value is -0.470. The zero-order chi connectivity index (χ0) is 10.7. The third-order valence-corrected chi connectivity index (χ3v) is 2.90. The van der Waals surface area contributed by atoms with Crippen molar-refractivity contribution < 1.29 is 18.3 Å². The van der Waals surface area contributed by atoms with Gasteiger partial charge in [0.15, 0.2) is 0 Å².